The first kappa shape index (κ1) is 20.5. The van der Waals surface area contributed by atoms with E-state index in [9.17, 15) is 14.4 Å². The van der Waals surface area contributed by atoms with Crippen LogP contribution in [0.25, 0.3) is 6.08 Å². The maximum absolute atomic E-state index is 12.6. The van der Waals surface area contributed by atoms with Gasteiger partial charge in [-0.1, -0.05) is 48.3 Å². The van der Waals surface area contributed by atoms with E-state index < -0.39 is 17.1 Å². The van der Waals surface area contributed by atoms with E-state index in [0.29, 0.717) is 21.3 Å². The molecule has 5 nitrogen and oxygen atoms in total. The number of carbonyl (C=O) groups excluding carboxylic acids is 3. The first-order valence-electron chi connectivity index (χ1n) is 8.47. The number of hydrogen-bond acceptors (Lipinski definition) is 4. The van der Waals surface area contributed by atoms with Crippen LogP contribution in [0.1, 0.15) is 18.1 Å². The Morgan fingerprint density at radius 2 is 1.75 bits per heavy atom. The van der Waals surface area contributed by atoms with Crippen molar-refractivity contribution >= 4 is 63.8 Å². The van der Waals surface area contributed by atoms with Crippen molar-refractivity contribution in [3.8, 4) is 0 Å². The molecule has 144 valence electrons. The van der Waals surface area contributed by atoms with Gasteiger partial charge in [0.05, 0.1) is 4.91 Å². The van der Waals surface area contributed by atoms with Gasteiger partial charge in [0.15, 0.2) is 0 Å². The molecule has 1 aliphatic rings. The number of imide groups is 1. The van der Waals surface area contributed by atoms with Crippen LogP contribution in [0.3, 0.4) is 0 Å². The van der Waals surface area contributed by atoms with Gasteiger partial charge < -0.3 is 5.32 Å². The molecule has 0 spiro atoms. The largest absolute Gasteiger partial charge is 0.325 e. The molecule has 0 aromatic heterocycles. The van der Waals surface area contributed by atoms with Gasteiger partial charge in [-0.05, 0) is 54.1 Å². The second-order valence-corrected chi connectivity index (χ2v) is 7.81. The van der Waals surface area contributed by atoms with E-state index in [1.54, 1.807) is 30.3 Å². The summed E-state index contributed by atoms with van der Waals surface area (Å²) in [7, 11) is 0. The molecule has 0 saturated carbocycles. The maximum atomic E-state index is 12.6. The average molecular weight is 435 g/mol. The Morgan fingerprint density at radius 3 is 2.36 bits per heavy atom. The molecule has 1 N–H and O–H groups in total. The van der Waals surface area contributed by atoms with Gasteiger partial charge in [0.2, 0.25) is 5.91 Å². The third-order valence-electron chi connectivity index (χ3n) is 4.10. The van der Waals surface area contributed by atoms with E-state index in [1.807, 2.05) is 19.1 Å². The zero-order valence-electron chi connectivity index (χ0n) is 14.9. The minimum absolute atomic E-state index is 0.167. The van der Waals surface area contributed by atoms with Gasteiger partial charge in [-0.2, -0.15) is 0 Å². The molecular weight excluding hydrogens is 419 g/mol. The first-order valence-corrected chi connectivity index (χ1v) is 10.0. The van der Waals surface area contributed by atoms with E-state index in [4.69, 9.17) is 23.2 Å². The van der Waals surface area contributed by atoms with Crippen LogP contribution in [0.15, 0.2) is 47.4 Å². The van der Waals surface area contributed by atoms with Crippen molar-refractivity contribution in [3.05, 3.63) is 68.5 Å². The molecule has 3 rings (SSSR count). The van der Waals surface area contributed by atoms with Gasteiger partial charge in [-0.15, -0.1) is 0 Å². The molecule has 8 heteroatoms. The van der Waals surface area contributed by atoms with Gasteiger partial charge in [-0.3, -0.25) is 19.3 Å². The molecule has 28 heavy (non-hydrogen) atoms. The zero-order chi connectivity index (χ0) is 20.3. The molecule has 2 aromatic rings. The molecule has 0 unspecified atom stereocenters. The molecular formula is C20H16Cl2N2O3S. The van der Waals surface area contributed by atoms with Crippen molar-refractivity contribution < 1.29 is 14.4 Å². The molecule has 0 atom stereocenters. The summed E-state index contributed by atoms with van der Waals surface area (Å²) in [5.74, 6) is -1.01. The summed E-state index contributed by atoms with van der Waals surface area (Å²) in [5.41, 5.74) is 2.21. The van der Waals surface area contributed by atoms with Crippen molar-refractivity contribution in [1.82, 2.24) is 4.90 Å². The Labute approximate surface area is 176 Å². The maximum Gasteiger partial charge on any atom is 0.294 e. The third-order valence-corrected chi connectivity index (χ3v) is 5.66. The Hall–Kier alpha value is -2.28. The van der Waals surface area contributed by atoms with Crippen LogP contribution >= 0.6 is 35.0 Å². The summed E-state index contributed by atoms with van der Waals surface area (Å²) in [6.45, 7) is 1.67. The lowest BCUT2D eigenvalue weighted by atomic mass is 10.1. The standard InChI is InChI=1S/C20H16Cl2N2O3S/c1-2-12-6-8-13(9-7-12)23-18(25)11-24-19(26)17(28-20(24)27)10-14-15(21)4-3-5-16(14)22/h3-10H,2,11H2,1H3,(H,23,25)/b17-10+. The number of nitrogens with one attached hydrogen (secondary N) is 1. The minimum Gasteiger partial charge on any atom is -0.325 e. The van der Waals surface area contributed by atoms with E-state index >= 15 is 0 Å². The summed E-state index contributed by atoms with van der Waals surface area (Å²) in [6.07, 6.45) is 2.36. The van der Waals surface area contributed by atoms with Crippen LogP contribution in [0.5, 0.6) is 0 Å². The number of anilines is 1. The van der Waals surface area contributed by atoms with Crippen LogP contribution in [-0.2, 0) is 16.0 Å². The smallest absolute Gasteiger partial charge is 0.294 e. The average Bonchev–Trinajstić information content (AvgIpc) is 2.93. The Kier molecular flexibility index (Phi) is 6.44. The number of thioether (sulfide) groups is 1. The third kappa shape index (κ3) is 4.58. The molecule has 1 fully saturated rings. The highest BCUT2D eigenvalue weighted by molar-refractivity contribution is 8.18. The minimum atomic E-state index is -0.553. The zero-order valence-corrected chi connectivity index (χ0v) is 17.2. The van der Waals surface area contributed by atoms with Crippen LogP contribution in [0, 0.1) is 0 Å². The van der Waals surface area contributed by atoms with Crippen LogP contribution in [-0.4, -0.2) is 28.5 Å². The second-order valence-electron chi connectivity index (χ2n) is 6.00. The van der Waals surface area contributed by atoms with E-state index in [2.05, 4.69) is 5.32 Å². The highest BCUT2D eigenvalue weighted by atomic mass is 35.5. The monoisotopic (exact) mass is 434 g/mol. The Balaban J connectivity index is 1.71. The number of aryl methyl sites for hydroxylation is 1. The molecule has 1 heterocycles. The number of rotatable bonds is 5. The summed E-state index contributed by atoms with van der Waals surface area (Å²) in [5, 5.41) is 2.91. The summed E-state index contributed by atoms with van der Waals surface area (Å²) < 4.78 is 0. The van der Waals surface area contributed by atoms with Crippen LogP contribution < -0.4 is 5.32 Å². The Bertz CT molecular complexity index is 954. The van der Waals surface area contributed by atoms with Crippen molar-refractivity contribution in [2.24, 2.45) is 0 Å². The molecule has 0 aliphatic carbocycles. The van der Waals surface area contributed by atoms with Gasteiger partial charge >= 0.3 is 0 Å². The van der Waals surface area contributed by atoms with Crippen LogP contribution in [0.4, 0.5) is 10.5 Å². The number of benzene rings is 2. The molecule has 1 aliphatic heterocycles. The summed E-state index contributed by atoms with van der Waals surface area (Å²) in [4.78, 5) is 38.1. The Morgan fingerprint density at radius 1 is 1.11 bits per heavy atom. The number of hydrogen-bond donors (Lipinski definition) is 1. The topological polar surface area (TPSA) is 66.5 Å². The van der Waals surface area contributed by atoms with E-state index in [0.717, 1.165) is 28.6 Å². The van der Waals surface area contributed by atoms with Crippen LogP contribution in [0.2, 0.25) is 10.0 Å². The quantitative estimate of drug-likeness (QED) is 0.654. The second kappa shape index (κ2) is 8.82. The lowest BCUT2D eigenvalue weighted by Gasteiger charge is -2.12. The fraction of sp³-hybridized carbons (Fsp3) is 0.150. The van der Waals surface area contributed by atoms with Gasteiger partial charge in [-0.25, -0.2) is 0 Å². The fourth-order valence-electron chi connectivity index (χ4n) is 2.58. The number of halogens is 2. The SMILES string of the molecule is CCc1ccc(NC(=O)CN2C(=O)S/C(=C/c3c(Cl)cccc3Cl)C2=O)cc1. The van der Waals surface area contributed by atoms with Crippen molar-refractivity contribution in [2.45, 2.75) is 13.3 Å². The molecule has 0 bridgehead atoms. The number of carbonyl (C=O) groups is 3. The summed E-state index contributed by atoms with van der Waals surface area (Å²) >= 11 is 13.0. The lowest BCUT2D eigenvalue weighted by Crippen LogP contribution is -2.36. The molecule has 1 saturated heterocycles. The normalized spacial score (nSPS) is 15.4. The lowest BCUT2D eigenvalue weighted by molar-refractivity contribution is -0.127. The predicted octanol–water partition coefficient (Wildman–Crippen LogP) is 5.23. The van der Waals surface area contributed by atoms with E-state index in [1.165, 1.54) is 6.08 Å². The van der Waals surface area contributed by atoms with Crippen molar-refractivity contribution in [3.63, 3.8) is 0 Å². The van der Waals surface area contributed by atoms with Gasteiger partial charge in [0.25, 0.3) is 11.1 Å². The van der Waals surface area contributed by atoms with Crippen molar-refractivity contribution in [1.29, 1.82) is 0 Å². The molecule has 3 amide bonds. The van der Waals surface area contributed by atoms with Gasteiger partial charge in [0.1, 0.15) is 6.54 Å². The van der Waals surface area contributed by atoms with Gasteiger partial charge in [0, 0.05) is 21.3 Å². The highest BCUT2D eigenvalue weighted by Gasteiger charge is 2.36. The summed E-state index contributed by atoms with van der Waals surface area (Å²) in [6, 6.07) is 12.3. The highest BCUT2D eigenvalue weighted by Crippen LogP contribution is 2.35. The fourth-order valence-corrected chi connectivity index (χ4v) is 3.91. The first-order chi connectivity index (χ1) is 13.4. The molecule has 2 aromatic carbocycles. The van der Waals surface area contributed by atoms with Crippen molar-refractivity contribution in [2.75, 3.05) is 11.9 Å². The number of amides is 3. The predicted molar refractivity (Wildman–Crippen MR) is 114 cm³/mol. The molecule has 0 radical (unpaired) electrons. The van der Waals surface area contributed by atoms with E-state index in [-0.39, 0.29) is 11.4 Å². The number of nitrogens with zero attached hydrogens (tertiary/aromatic N) is 1.